The van der Waals surface area contributed by atoms with Crippen molar-refractivity contribution in [2.75, 3.05) is 13.1 Å². The van der Waals surface area contributed by atoms with Crippen molar-refractivity contribution < 1.29 is 22.7 Å². The summed E-state index contributed by atoms with van der Waals surface area (Å²) in [7, 11) is -3.84. The molecule has 0 bridgehead atoms. The number of aliphatic carboxylic acids is 1. The average Bonchev–Trinajstić information content (AvgIpc) is 2.74. The Kier molecular flexibility index (Phi) is 3.36. The summed E-state index contributed by atoms with van der Waals surface area (Å²) in [6.07, 6.45) is 0.247. The van der Waals surface area contributed by atoms with E-state index < -0.39 is 27.2 Å². The molecule has 1 atom stereocenters. The number of benzene rings is 1. The Hall–Kier alpha value is -1.47. The number of sulfonamides is 1. The summed E-state index contributed by atoms with van der Waals surface area (Å²) in [5, 5.41) is 9.09. The van der Waals surface area contributed by atoms with Crippen molar-refractivity contribution in [3.8, 4) is 0 Å². The van der Waals surface area contributed by atoms with Crippen LogP contribution < -0.4 is 0 Å². The van der Waals surface area contributed by atoms with Gasteiger partial charge in [0.05, 0.1) is 10.3 Å². The molecule has 1 aliphatic heterocycles. The molecule has 0 aliphatic carbocycles. The SMILES string of the molecule is CC1(C(=O)O)CCN(S(=O)(=O)c2cccc(F)c2)C1. The van der Waals surface area contributed by atoms with Crippen molar-refractivity contribution in [1.82, 2.24) is 4.31 Å². The van der Waals surface area contributed by atoms with Gasteiger partial charge in [-0.1, -0.05) is 6.07 Å². The molecule has 1 saturated heterocycles. The second-order valence-corrected chi connectivity index (χ2v) is 6.85. The first-order valence-electron chi connectivity index (χ1n) is 5.75. The molecule has 0 spiro atoms. The van der Waals surface area contributed by atoms with Crippen molar-refractivity contribution in [2.45, 2.75) is 18.2 Å². The second-order valence-electron chi connectivity index (χ2n) is 4.91. The minimum absolute atomic E-state index is 0.0961. The summed E-state index contributed by atoms with van der Waals surface area (Å²) in [4.78, 5) is 11.0. The van der Waals surface area contributed by atoms with Crippen LogP contribution in [0.5, 0.6) is 0 Å². The smallest absolute Gasteiger partial charge is 0.310 e. The summed E-state index contributed by atoms with van der Waals surface area (Å²) in [6.45, 7) is 1.54. The minimum Gasteiger partial charge on any atom is -0.481 e. The lowest BCUT2D eigenvalue weighted by Crippen LogP contribution is -2.34. The fourth-order valence-corrected chi connectivity index (χ4v) is 3.67. The highest BCUT2D eigenvalue weighted by atomic mass is 32.2. The van der Waals surface area contributed by atoms with Gasteiger partial charge in [-0.05, 0) is 31.5 Å². The van der Waals surface area contributed by atoms with Gasteiger partial charge in [0.2, 0.25) is 10.0 Å². The number of hydrogen-bond acceptors (Lipinski definition) is 3. The van der Waals surface area contributed by atoms with Crippen LogP contribution in [0.4, 0.5) is 4.39 Å². The maximum absolute atomic E-state index is 13.1. The van der Waals surface area contributed by atoms with Gasteiger partial charge in [0.1, 0.15) is 5.82 Å². The molecule has 1 aliphatic rings. The molecule has 7 heteroatoms. The molecule has 1 heterocycles. The van der Waals surface area contributed by atoms with Gasteiger partial charge in [-0.25, -0.2) is 12.8 Å². The van der Waals surface area contributed by atoms with Gasteiger partial charge in [-0.3, -0.25) is 4.79 Å². The van der Waals surface area contributed by atoms with E-state index in [1.165, 1.54) is 19.1 Å². The highest BCUT2D eigenvalue weighted by molar-refractivity contribution is 7.89. The Bertz CT molecular complexity index is 616. The Morgan fingerprint density at radius 1 is 1.47 bits per heavy atom. The molecule has 104 valence electrons. The molecule has 1 aromatic carbocycles. The zero-order valence-corrected chi connectivity index (χ0v) is 11.2. The van der Waals surface area contributed by atoms with E-state index in [2.05, 4.69) is 0 Å². The maximum atomic E-state index is 13.1. The van der Waals surface area contributed by atoms with Gasteiger partial charge in [-0.2, -0.15) is 4.31 Å². The molecule has 1 fully saturated rings. The van der Waals surface area contributed by atoms with Crippen molar-refractivity contribution in [3.63, 3.8) is 0 Å². The van der Waals surface area contributed by atoms with Crippen LogP contribution in [-0.4, -0.2) is 36.9 Å². The zero-order chi connectivity index (χ0) is 14.3. The normalized spacial score (nSPS) is 24.5. The highest BCUT2D eigenvalue weighted by Gasteiger charge is 2.44. The number of carboxylic acid groups (broad SMARTS) is 1. The van der Waals surface area contributed by atoms with Gasteiger partial charge >= 0.3 is 5.97 Å². The Morgan fingerprint density at radius 2 is 2.16 bits per heavy atom. The van der Waals surface area contributed by atoms with E-state index in [0.29, 0.717) is 0 Å². The lowest BCUT2D eigenvalue weighted by atomic mass is 9.90. The number of carbonyl (C=O) groups is 1. The fourth-order valence-electron chi connectivity index (χ4n) is 2.08. The zero-order valence-electron chi connectivity index (χ0n) is 10.3. The molecule has 1 N–H and O–H groups in total. The molecule has 0 radical (unpaired) electrons. The quantitative estimate of drug-likeness (QED) is 0.909. The molecule has 5 nitrogen and oxygen atoms in total. The molecular formula is C12H14FNO4S. The largest absolute Gasteiger partial charge is 0.481 e. The fraction of sp³-hybridized carbons (Fsp3) is 0.417. The van der Waals surface area contributed by atoms with Crippen molar-refractivity contribution >= 4 is 16.0 Å². The third-order valence-electron chi connectivity index (χ3n) is 3.39. The first-order valence-corrected chi connectivity index (χ1v) is 7.19. The van der Waals surface area contributed by atoms with Crippen LogP contribution >= 0.6 is 0 Å². The van der Waals surface area contributed by atoms with Crippen molar-refractivity contribution in [3.05, 3.63) is 30.1 Å². The van der Waals surface area contributed by atoms with E-state index in [9.17, 15) is 17.6 Å². The molecule has 1 aromatic rings. The van der Waals surface area contributed by atoms with Gasteiger partial charge < -0.3 is 5.11 Å². The molecule has 2 rings (SSSR count). The van der Waals surface area contributed by atoms with Crippen LogP contribution in [0.2, 0.25) is 0 Å². The van der Waals surface area contributed by atoms with Crippen LogP contribution in [-0.2, 0) is 14.8 Å². The van der Waals surface area contributed by atoms with Crippen molar-refractivity contribution in [1.29, 1.82) is 0 Å². The molecule has 0 saturated carbocycles. The lowest BCUT2D eigenvalue weighted by molar-refractivity contribution is -0.146. The highest BCUT2D eigenvalue weighted by Crippen LogP contribution is 2.33. The van der Waals surface area contributed by atoms with Gasteiger partial charge in [0.15, 0.2) is 0 Å². The Morgan fingerprint density at radius 3 is 2.68 bits per heavy atom. The monoisotopic (exact) mass is 287 g/mol. The maximum Gasteiger partial charge on any atom is 0.310 e. The summed E-state index contributed by atoms with van der Waals surface area (Å²) >= 11 is 0. The van der Waals surface area contributed by atoms with Gasteiger partial charge in [0, 0.05) is 13.1 Å². The van der Waals surface area contributed by atoms with Crippen LogP contribution in [0.1, 0.15) is 13.3 Å². The molecular weight excluding hydrogens is 273 g/mol. The molecule has 19 heavy (non-hydrogen) atoms. The average molecular weight is 287 g/mol. The standard InChI is InChI=1S/C12H14FNO4S/c1-12(11(15)16)5-6-14(8-12)19(17,18)10-4-2-3-9(13)7-10/h2-4,7H,5-6,8H2,1H3,(H,15,16). The third kappa shape index (κ3) is 2.48. The summed E-state index contributed by atoms with van der Waals surface area (Å²) < 4.78 is 38.7. The van der Waals surface area contributed by atoms with E-state index in [4.69, 9.17) is 5.11 Å². The predicted molar refractivity (Wildman–Crippen MR) is 65.5 cm³/mol. The first-order chi connectivity index (χ1) is 8.75. The van der Waals surface area contributed by atoms with Crippen molar-refractivity contribution in [2.24, 2.45) is 5.41 Å². The number of hydrogen-bond donors (Lipinski definition) is 1. The minimum atomic E-state index is -3.84. The molecule has 1 unspecified atom stereocenters. The molecule has 0 aromatic heterocycles. The Balaban J connectivity index is 2.31. The van der Waals surface area contributed by atoms with Crippen LogP contribution in [0.25, 0.3) is 0 Å². The van der Waals surface area contributed by atoms with E-state index in [1.54, 1.807) is 0 Å². The first kappa shape index (κ1) is 14.0. The number of halogens is 1. The topological polar surface area (TPSA) is 74.7 Å². The lowest BCUT2D eigenvalue weighted by Gasteiger charge is -2.20. The number of rotatable bonds is 3. The number of nitrogens with zero attached hydrogens (tertiary/aromatic N) is 1. The van der Waals surface area contributed by atoms with Crippen LogP contribution in [0.15, 0.2) is 29.2 Å². The summed E-state index contributed by atoms with van der Waals surface area (Å²) in [5.41, 5.74) is -1.08. The third-order valence-corrected chi connectivity index (χ3v) is 5.23. The van der Waals surface area contributed by atoms with E-state index in [1.807, 2.05) is 0 Å². The van der Waals surface area contributed by atoms with E-state index in [-0.39, 0.29) is 24.4 Å². The predicted octanol–water partition coefficient (Wildman–Crippen LogP) is 1.31. The van der Waals surface area contributed by atoms with Crippen LogP contribution in [0.3, 0.4) is 0 Å². The van der Waals surface area contributed by atoms with Gasteiger partial charge in [0.25, 0.3) is 0 Å². The summed E-state index contributed by atoms with van der Waals surface area (Å²) in [5.74, 6) is -1.66. The van der Waals surface area contributed by atoms with E-state index >= 15 is 0 Å². The number of carboxylic acids is 1. The second kappa shape index (κ2) is 4.57. The van der Waals surface area contributed by atoms with Crippen LogP contribution in [0, 0.1) is 11.2 Å². The Labute approximate surface area is 110 Å². The molecule has 0 amide bonds. The summed E-state index contributed by atoms with van der Waals surface area (Å²) in [6, 6.07) is 4.71. The van der Waals surface area contributed by atoms with E-state index in [0.717, 1.165) is 16.4 Å². The van der Waals surface area contributed by atoms with Gasteiger partial charge in [-0.15, -0.1) is 0 Å².